The molecule has 1 atom stereocenters. The predicted octanol–water partition coefficient (Wildman–Crippen LogP) is 1.48. The molecule has 1 unspecified atom stereocenters. The van der Waals surface area contributed by atoms with Crippen molar-refractivity contribution in [2.45, 2.75) is 31.2 Å². The van der Waals surface area contributed by atoms with Crippen LogP contribution in [0.2, 0.25) is 0 Å². The first-order valence-corrected chi connectivity index (χ1v) is 7.32. The zero-order valence-electron chi connectivity index (χ0n) is 10.6. The fraction of sp³-hybridized carbons (Fsp3) is 0.500. The van der Waals surface area contributed by atoms with Gasteiger partial charge in [-0.1, -0.05) is 26.0 Å². The third-order valence-corrected chi connectivity index (χ3v) is 4.04. The fourth-order valence-electron chi connectivity index (χ4n) is 1.71. The van der Waals surface area contributed by atoms with Crippen molar-refractivity contribution < 1.29 is 12.8 Å². The number of sulfonamides is 1. The van der Waals surface area contributed by atoms with E-state index in [4.69, 9.17) is 5.73 Å². The van der Waals surface area contributed by atoms with Gasteiger partial charge in [-0.2, -0.15) is 0 Å². The van der Waals surface area contributed by atoms with Crippen molar-refractivity contribution in [2.24, 2.45) is 11.7 Å². The molecule has 0 fully saturated rings. The summed E-state index contributed by atoms with van der Waals surface area (Å²) in [7, 11) is -3.85. The Morgan fingerprint density at radius 3 is 2.44 bits per heavy atom. The predicted molar refractivity (Wildman–Crippen MR) is 69.0 cm³/mol. The van der Waals surface area contributed by atoms with Gasteiger partial charge in [0.1, 0.15) is 10.7 Å². The molecule has 0 heterocycles. The maximum absolute atomic E-state index is 13.5. The van der Waals surface area contributed by atoms with Crippen LogP contribution in [0, 0.1) is 11.7 Å². The largest absolute Gasteiger partial charge is 0.329 e. The lowest BCUT2D eigenvalue weighted by molar-refractivity contribution is 0.463. The Balaban J connectivity index is 2.91. The first kappa shape index (κ1) is 15.1. The smallest absolute Gasteiger partial charge is 0.243 e. The highest BCUT2D eigenvalue weighted by molar-refractivity contribution is 7.89. The van der Waals surface area contributed by atoms with E-state index >= 15 is 0 Å². The molecule has 0 aliphatic heterocycles. The van der Waals surface area contributed by atoms with Crippen LogP contribution in [-0.2, 0) is 10.0 Å². The van der Waals surface area contributed by atoms with Crippen molar-refractivity contribution in [3.05, 3.63) is 30.1 Å². The average molecular weight is 274 g/mol. The Bertz CT molecular complexity index is 489. The maximum atomic E-state index is 13.5. The van der Waals surface area contributed by atoms with Gasteiger partial charge in [0.25, 0.3) is 0 Å². The van der Waals surface area contributed by atoms with Gasteiger partial charge in [0.15, 0.2) is 0 Å². The second kappa shape index (κ2) is 6.26. The van der Waals surface area contributed by atoms with Crippen LogP contribution in [0.25, 0.3) is 0 Å². The lowest BCUT2D eigenvalue weighted by atomic mass is 10.1. The molecule has 0 amide bonds. The van der Waals surface area contributed by atoms with Gasteiger partial charge in [0, 0.05) is 12.6 Å². The second-order valence-electron chi connectivity index (χ2n) is 4.61. The van der Waals surface area contributed by atoms with Gasteiger partial charge < -0.3 is 5.73 Å². The standard InChI is InChI=1S/C12H19FN2O2S/c1-9(2)7-10(8-14)15-18(16,17)12-6-4-3-5-11(12)13/h3-6,9-10,15H,7-8,14H2,1-2H3. The van der Waals surface area contributed by atoms with Crippen molar-refractivity contribution in [3.8, 4) is 0 Å². The topological polar surface area (TPSA) is 72.2 Å². The van der Waals surface area contributed by atoms with Crippen LogP contribution in [0.5, 0.6) is 0 Å². The number of benzene rings is 1. The average Bonchev–Trinajstić information content (AvgIpc) is 2.27. The summed E-state index contributed by atoms with van der Waals surface area (Å²) < 4.78 is 39.9. The molecule has 0 aromatic heterocycles. The minimum absolute atomic E-state index is 0.186. The van der Waals surface area contributed by atoms with Gasteiger partial charge in [-0.25, -0.2) is 17.5 Å². The molecule has 0 bridgehead atoms. The number of hydrogen-bond donors (Lipinski definition) is 2. The Morgan fingerprint density at radius 1 is 1.33 bits per heavy atom. The van der Waals surface area contributed by atoms with Crippen molar-refractivity contribution in [1.82, 2.24) is 4.72 Å². The van der Waals surface area contributed by atoms with E-state index in [9.17, 15) is 12.8 Å². The van der Waals surface area contributed by atoms with Crippen LogP contribution in [0.15, 0.2) is 29.2 Å². The Labute approximate surface area is 107 Å². The molecule has 0 radical (unpaired) electrons. The lowest BCUT2D eigenvalue weighted by Crippen LogP contribution is -2.41. The van der Waals surface area contributed by atoms with Crippen LogP contribution >= 0.6 is 0 Å². The Morgan fingerprint density at radius 2 is 1.94 bits per heavy atom. The minimum atomic E-state index is -3.85. The molecule has 0 spiro atoms. The molecule has 1 aromatic rings. The van der Waals surface area contributed by atoms with Gasteiger partial charge in [-0.15, -0.1) is 0 Å². The summed E-state index contributed by atoms with van der Waals surface area (Å²) in [6.07, 6.45) is 0.615. The van der Waals surface area contributed by atoms with Crippen molar-refractivity contribution >= 4 is 10.0 Å². The summed E-state index contributed by atoms with van der Waals surface area (Å²) in [5.74, 6) is -0.452. The normalized spacial score (nSPS) is 13.8. The van der Waals surface area contributed by atoms with Gasteiger partial charge >= 0.3 is 0 Å². The van der Waals surface area contributed by atoms with Crippen LogP contribution in [0.3, 0.4) is 0 Å². The number of hydrogen-bond acceptors (Lipinski definition) is 3. The fourth-order valence-corrected chi connectivity index (χ4v) is 3.05. The maximum Gasteiger partial charge on any atom is 0.243 e. The molecular formula is C12H19FN2O2S. The van der Waals surface area contributed by atoms with E-state index < -0.39 is 15.8 Å². The highest BCUT2D eigenvalue weighted by atomic mass is 32.2. The molecule has 1 aromatic carbocycles. The molecule has 18 heavy (non-hydrogen) atoms. The summed E-state index contributed by atoms with van der Waals surface area (Å²) >= 11 is 0. The van der Waals surface area contributed by atoms with Crippen LogP contribution in [0.1, 0.15) is 20.3 Å². The highest BCUT2D eigenvalue weighted by Crippen LogP contribution is 2.15. The van der Waals surface area contributed by atoms with Crippen LogP contribution in [0.4, 0.5) is 4.39 Å². The van der Waals surface area contributed by atoms with E-state index in [0.29, 0.717) is 12.3 Å². The van der Waals surface area contributed by atoms with Gasteiger partial charge in [0.2, 0.25) is 10.0 Å². The molecule has 0 saturated carbocycles. The van der Waals surface area contributed by atoms with E-state index in [-0.39, 0.29) is 17.5 Å². The third kappa shape index (κ3) is 4.04. The quantitative estimate of drug-likeness (QED) is 0.825. The van der Waals surface area contributed by atoms with E-state index in [2.05, 4.69) is 4.72 Å². The van der Waals surface area contributed by atoms with Crippen molar-refractivity contribution in [2.75, 3.05) is 6.54 Å². The zero-order chi connectivity index (χ0) is 13.8. The van der Waals surface area contributed by atoms with Gasteiger partial charge in [-0.3, -0.25) is 0 Å². The van der Waals surface area contributed by atoms with E-state index in [0.717, 1.165) is 6.07 Å². The molecule has 4 nitrogen and oxygen atoms in total. The Hall–Kier alpha value is -0.980. The summed E-state index contributed by atoms with van der Waals surface area (Å²) in [5, 5.41) is 0. The molecule has 0 aliphatic rings. The van der Waals surface area contributed by atoms with Gasteiger partial charge in [-0.05, 0) is 24.5 Å². The molecule has 3 N–H and O–H groups in total. The molecule has 0 saturated heterocycles. The van der Waals surface area contributed by atoms with Crippen LogP contribution < -0.4 is 10.5 Å². The molecular weight excluding hydrogens is 255 g/mol. The summed E-state index contributed by atoms with van der Waals surface area (Å²) in [5.41, 5.74) is 5.52. The summed E-state index contributed by atoms with van der Waals surface area (Å²) in [6, 6.07) is 4.91. The van der Waals surface area contributed by atoms with E-state index in [1.54, 1.807) is 0 Å². The molecule has 0 aliphatic carbocycles. The Kier molecular flexibility index (Phi) is 5.25. The van der Waals surface area contributed by atoms with Crippen molar-refractivity contribution in [1.29, 1.82) is 0 Å². The van der Waals surface area contributed by atoms with Gasteiger partial charge in [0.05, 0.1) is 0 Å². The van der Waals surface area contributed by atoms with E-state index in [1.165, 1.54) is 18.2 Å². The SMILES string of the molecule is CC(C)CC(CN)NS(=O)(=O)c1ccccc1F. The van der Waals surface area contributed by atoms with E-state index in [1.807, 2.05) is 13.8 Å². The number of rotatable bonds is 6. The molecule has 6 heteroatoms. The highest BCUT2D eigenvalue weighted by Gasteiger charge is 2.22. The number of nitrogens with one attached hydrogen (secondary N) is 1. The number of halogens is 1. The second-order valence-corrected chi connectivity index (χ2v) is 6.30. The summed E-state index contributed by atoms with van der Waals surface area (Å²) in [6.45, 7) is 4.13. The zero-order valence-corrected chi connectivity index (χ0v) is 11.4. The first-order valence-electron chi connectivity index (χ1n) is 5.83. The number of nitrogens with two attached hydrogens (primary N) is 1. The summed E-state index contributed by atoms with van der Waals surface area (Å²) in [4.78, 5) is -0.341. The first-order chi connectivity index (χ1) is 8.36. The monoisotopic (exact) mass is 274 g/mol. The molecule has 1 rings (SSSR count). The lowest BCUT2D eigenvalue weighted by Gasteiger charge is -2.18. The van der Waals surface area contributed by atoms with Crippen LogP contribution in [-0.4, -0.2) is 21.0 Å². The minimum Gasteiger partial charge on any atom is -0.329 e. The third-order valence-electron chi connectivity index (χ3n) is 2.49. The molecule has 102 valence electrons. The van der Waals surface area contributed by atoms with Crippen molar-refractivity contribution in [3.63, 3.8) is 0 Å².